The monoisotopic (exact) mass is 271 g/mol. The third-order valence-corrected chi connectivity index (χ3v) is 3.71. The van der Waals surface area contributed by atoms with Gasteiger partial charge < -0.3 is 15.2 Å². The maximum atomic E-state index is 6.39. The highest BCUT2D eigenvalue weighted by molar-refractivity contribution is 5.85. The van der Waals surface area contributed by atoms with Crippen LogP contribution in [0.3, 0.4) is 0 Å². The van der Waals surface area contributed by atoms with Crippen LogP contribution in [0.2, 0.25) is 0 Å². The molecule has 0 spiro atoms. The van der Waals surface area contributed by atoms with E-state index >= 15 is 0 Å². The summed E-state index contributed by atoms with van der Waals surface area (Å²) in [7, 11) is 3.36. The highest BCUT2D eigenvalue weighted by atomic mass is 35.5. The molecule has 0 radical (unpaired) electrons. The second-order valence-corrected chi connectivity index (χ2v) is 4.65. The molecule has 0 amide bonds. The Morgan fingerprint density at radius 2 is 1.61 bits per heavy atom. The van der Waals surface area contributed by atoms with Crippen LogP contribution in [-0.2, 0) is 0 Å². The van der Waals surface area contributed by atoms with Crippen molar-refractivity contribution in [3.05, 3.63) is 23.8 Å². The third-order valence-electron chi connectivity index (χ3n) is 3.71. The first-order valence-electron chi connectivity index (χ1n) is 6.24. The van der Waals surface area contributed by atoms with Gasteiger partial charge in [-0.05, 0) is 30.9 Å². The Morgan fingerprint density at radius 3 is 2.06 bits per heavy atom. The van der Waals surface area contributed by atoms with Crippen molar-refractivity contribution in [3.8, 4) is 11.5 Å². The normalized spacial score (nSPS) is 17.1. The molecule has 0 heterocycles. The van der Waals surface area contributed by atoms with Gasteiger partial charge in [0.1, 0.15) is 11.5 Å². The molecular formula is C14H22ClNO2. The molecule has 0 saturated heterocycles. The van der Waals surface area contributed by atoms with Crippen molar-refractivity contribution in [2.24, 2.45) is 11.7 Å². The number of hydrogen-bond donors (Lipinski definition) is 1. The Labute approximate surface area is 115 Å². The van der Waals surface area contributed by atoms with Gasteiger partial charge in [-0.15, -0.1) is 12.4 Å². The van der Waals surface area contributed by atoms with Crippen LogP contribution in [0.4, 0.5) is 0 Å². The number of ether oxygens (including phenoxy) is 2. The summed E-state index contributed by atoms with van der Waals surface area (Å²) in [6, 6.07) is 5.85. The zero-order chi connectivity index (χ0) is 12.3. The summed E-state index contributed by atoms with van der Waals surface area (Å²) in [6.07, 6.45) is 5.00. The van der Waals surface area contributed by atoms with E-state index in [1.165, 1.54) is 25.7 Å². The van der Waals surface area contributed by atoms with Gasteiger partial charge in [0, 0.05) is 6.04 Å². The molecule has 2 rings (SSSR count). The van der Waals surface area contributed by atoms with E-state index in [1.54, 1.807) is 14.2 Å². The highest BCUT2D eigenvalue weighted by Crippen LogP contribution is 2.41. The Hall–Kier alpha value is -0.930. The molecule has 18 heavy (non-hydrogen) atoms. The van der Waals surface area contributed by atoms with Gasteiger partial charge in [-0.3, -0.25) is 0 Å². The summed E-state index contributed by atoms with van der Waals surface area (Å²) in [6.45, 7) is 0. The van der Waals surface area contributed by atoms with E-state index in [9.17, 15) is 0 Å². The number of methoxy groups -OCH3 is 2. The molecule has 0 aliphatic heterocycles. The molecule has 0 aromatic heterocycles. The molecule has 1 aromatic rings. The number of rotatable bonds is 4. The zero-order valence-electron chi connectivity index (χ0n) is 11.0. The molecule has 1 fully saturated rings. The quantitative estimate of drug-likeness (QED) is 0.914. The predicted octanol–water partition coefficient (Wildman–Crippen LogP) is 3.32. The standard InChI is InChI=1S/C14H21NO2.ClH/c1-16-11-8-5-9-12(17-2)13(11)14(15)10-6-3-4-7-10;/h5,8-10,14H,3-4,6-7,15H2,1-2H3;1H/t14-;/m1./s1. The smallest absolute Gasteiger partial charge is 0.127 e. The lowest BCUT2D eigenvalue weighted by atomic mass is 9.91. The van der Waals surface area contributed by atoms with Gasteiger partial charge in [-0.2, -0.15) is 0 Å². The molecular weight excluding hydrogens is 250 g/mol. The van der Waals surface area contributed by atoms with Crippen LogP contribution >= 0.6 is 12.4 Å². The summed E-state index contributed by atoms with van der Waals surface area (Å²) in [5.74, 6) is 2.23. The lowest BCUT2D eigenvalue weighted by Gasteiger charge is -2.23. The highest BCUT2D eigenvalue weighted by Gasteiger charge is 2.27. The number of nitrogens with two attached hydrogens (primary N) is 1. The van der Waals surface area contributed by atoms with Gasteiger partial charge in [0.15, 0.2) is 0 Å². The van der Waals surface area contributed by atoms with E-state index in [0.29, 0.717) is 5.92 Å². The van der Waals surface area contributed by atoms with Crippen molar-refractivity contribution in [1.29, 1.82) is 0 Å². The molecule has 1 saturated carbocycles. The average Bonchev–Trinajstić information content (AvgIpc) is 2.90. The van der Waals surface area contributed by atoms with Gasteiger partial charge in [0.25, 0.3) is 0 Å². The largest absolute Gasteiger partial charge is 0.496 e. The average molecular weight is 272 g/mol. The molecule has 0 bridgehead atoms. The third kappa shape index (κ3) is 2.90. The predicted molar refractivity (Wildman–Crippen MR) is 75.7 cm³/mol. The fourth-order valence-corrected chi connectivity index (χ4v) is 2.76. The Morgan fingerprint density at radius 1 is 1.11 bits per heavy atom. The SMILES string of the molecule is COc1cccc(OC)c1[C@H](N)C1CCCC1.Cl. The van der Waals surface area contributed by atoms with Crippen LogP contribution in [0, 0.1) is 5.92 Å². The molecule has 2 N–H and O–H groups in total. The van der Waals surface area contributed by atoms with Crippen LogP contribution in [0.5, 0.6) is 11.5 Å². The summed E-state index contributed by atoms with van der Waals surface area (Å²) in [5, 5.41) is 0. The number of benzene rings is 1. The Bertz CT molecular complexity index is 356. The van der Waals surface area contributed by atoms with Crippen LogP contribution in [-0.4, -0.2) is 14.2 Å². The number of hydrogen-bond acceptors (Lipinski definition) is 3. The van der Waals surface area contributed by atoms with Crippen LogP contribution < -0.4 is 15.2 Å². The van der Waals surface area contributed by atoms with Crippen molar-refractivity contribution in [2.45, 2.75) is 31.7 Å². The van der Waals surface area contributed by atoms with Gasteiger partial charge >= 0.3 is 0 Å². The lowest BCUT2D eigenvalue weighted by Crippen LogP contribution is -2.20. The first-order chi connectivity index (χ1) is 8.27. The first kappa shape index (κ1) is 15.1. The van der Waals surface area contributed by atoms with Gasteiger partial charge in [0.2, 0.25) is 0 Å². The van der Waals surface area contributed by atoms with Crippen molar-refractivity contribution >= 4 is 12.4 Å². The summed E-state index contributed by atoms with van der Waals surface area (Å²) in [5.41, 5.74) is 7.41. The Kier molecular flexibility index (Phi) is 5.76. The maximum absolute atomic E-state index is 6.39. The summed E-state index contributed by atoms with van der Waals surface area (Å²) in [4.78, 5) is 0. The van der Waals surface area contributed by atoms with Crippen molar-refractivity contribution in [3.63, 3.8) is 0 Å². The minimum atomic E-state index is 0. The molecule has 3 nitrogen and oxygen atoms in total. The first-order valence-corrected chi connectivity index (χ1v) is 6.24. The van der Waals surface area contributed by atoms with Crippen molar-refractivity contribution in [1.82, 2.24) is 0 Å². The fourth-order valence-electron chi connectivity index (χ4n) is 2.76. The fraction of sp³-hybridized carbons (Fsp3) is 0.571. The lowest BCUT2D eigenvalue weighted by molar-refractivity contribution is 0.357. The van der Waals surface area contributed by atoms with Crippen LogP contribution in [0.15, 0.2) is 18.2 Å². The van der Waals surface area contributed by atoms with E-state index in [4.69, 9.17) is 15.2 Å². The van der Waals surface area contributed by atoms with E-state index < -0.39 is 0 Å². The zero-order valence-corrected chi connectivity index (χ0v) is 11.8. The van der Waals surface area contributed by atoms with Gasteiger partial charge in [0.05, 0.1) is 19.8 Å². The van der Waals surface area contributed by atoms with Crippen LogP contribution in [0.1, 0.15) is 37.3 Å². The van der Waals surface area contributed by atoms with E-state index in [0.717, 1.165) is 17.1 Å². The molecule has 1 aliphatic carbocycles. The van der Waals surface area contributed by atoms with E-state index in [2.05, 4.69) is 0 Å². The molecule has 4 heteroatoms. The van der Waals surface area contributed by atoms with E-state index in [1.807, 2.05) is 18.2 Å². The maximum Gasteiger partial charge on any atom is 0.127 e. The molecule has 1 aromatic carbocycles. The molecule has 102 valence electrons. The van der Waals surface area contributed by atoms with Gasteiger partial charge in [-0.1, -0.05) is 18.9 Å². The second kappa shape index (κ2) is 6.86. The molecule has 1 atom stereocenters. The molecule has 1 aliphatic rings. The van der Waals surface area contributed by atoms with Gasteiger partial charge in [-0.25, -0.2) is 0 Å². The minimum Gasteiger partial charge on any atom is -0.496 e. The van der Waals surface area contributed by atoms with Crippen molar-refractivity contribution < 1.29 is 9.47 Å². The van der Waals surface area contributed by atoms with Crippen molar-refractivity contribution in [2.75, 3.05) is 14.2 Å². The topological polar surface area (TPSA) is 44.5 Å². The number of halogens is 1. The second-order valence-electron chi connectivity index (χ2n) is 4.65. The van der Waals surface area contributed by atoms with Crippen LogP contribution in [0.25, 0.3) is 0 Å². The summed E-state index contributed by atoms with van der Waals surface area (Å²) >= 11 is 0. The summed E-state index contributed by atoms with van der Waals surface area (Å²) < 4.78 is 10.8. The minimum absolute atomic E-state index is 0. The molecule has 0 unspecified atom stereocenters. The van der Waals surface area contributed by atoms with E-state index in [-0.39, 0.29) is 18.4 Å². The Balaban J connectivity index is 0.00000162.